The van der Waals surface area contributed by atoms with Crippen LogP contribution in [-0.2, 0) is 0 Å². The molecule has 3 rings (SSSR count). The highest BCUT2D eigenvalue weighted by molar-refractivity contribution is 5.76. The van der Waals surface area contributed by atoms with Crippen molar-refractivity contribution < 1.29 is 4.74 Å². The molecular formula is C17H15N3O. The maximum atomic E-state index is 5.86. The number of benzene rings is 2. The molecule has 2 aromatic carbocycles. The Hall–Kier alpha value is -2.88. The lowest BCUT2D eigenvalue weighted by molar-refractivity contribution is 0.351. The number of hydrogen-bond acceptors (Lipinski definition) is 4. The van der Waals surface area contributed by atoms with Crippen LogP contribution in [0.15, 0.2) is 60.7 Å². The number of nitrogens with two attached hydrogens (primary N) is 1. The van der Waals surface area contributed by atoms with E-state index in [-0.39, 0.29) is 0 Å². The maximum Gasteiger partial charge on any atom is 0.258 e. The molecular weight excluding hydrogens is 262 g/mol. The second-order valence-electron chi connectivity index (χ2n) is 4.53. The molecule has 0 aliphatic carbocycles. The van der Waals surface area contributed by atoms with Crippen LogP contribution < -0.4 is 10.5 Å². The van der Waals surface area contributed by atoms with Gasteiger partial charge in [-0.2, -0.15) is 0 Å². The lowest BCUT2D eigenvalue weighted by Gasteiger charge is -2.06. The van der Waals surface area contributed by atoms with Gasteiger partial charge in [0.25, 0.3) is 5.88 Å². The summed E-state index contributed by atoms with van der Waals surface area (Å²) >= 11 is 0. The maximum absolute atomic E-state index is 5.86. The first-order chi connectivity index (χ1) is 10.3. The Morgan fingerprint density at radius 1 is 0.905 bits per heavy atom. The largest absolute Gasteiger partial charge is 0.471 e. The molecule has 4 nitrogen and oxygen atoms in total. The summed E-state index contributed by atoms with van der Waals surface area (Å²) in [7, 11) is 0. The van der Waals surface area contributed by atoms with Crippen LogP contribution in [0.3, 0.4) is 0 Å². The van der Waals surface area contributed by atoms with Crippen LogP contribution in [0.2, 0.25) is 0 Å². The van der Waals surface area contributed by atoms with Gasteiger partial charge in [0.2, 0.25) is 0 Å². The summed E-state index contributed by atoms with van der Waals surface area (Å²) in [5.74, 6) is 0.674. The van der Waals surface area contributed by atoms with Crippen LogP contribution in [0.4, 0.5) is 5.82 Å². The second-order valence-corrected chi connectivity index (χ2v) is 4.53. The first-order valence-corrected chi connectivity index (χ1v) is 6.69. The van der Waals surface area contributed by atoms with Gasteiger partial charge in [-0.25, -0.2) is 9.97 Å². The predicted molar refractivity (Wildman–Crippen MR) is 84.9 cm³/mol. The fourth-order valence-electron chi connectivity index (χ4n) is 1.98. The molecule has 0 aliphatic heterocycles. The first kappa shape index (κ1) is 13.1. The summed E-state index contributed by atoms with van der Waals surface area (Å²) in [6, 6.07) is 17.6. The molecule has 1 aromatic heterocycles. The molecule has 0 spiro atoms. The van der Waals surface area contributed by atoms with Crippen LogP contribution in [0, 0.1) is 0 Å². The molecule has 0 saturated heterocycles. The molecule has 104 valence electrons. The highest BCUT2D eigenvalue weighted by atomic mass is 16.5. The van der Waals surface area contributed by atoms with Crippen molar-refractivity contribution in [2.75, 3.05) is 12.3 Å². The smallest absolute Gasteiger partial charge is 0.258 e. The van der Waals surface area contributed by atoms with Crippen molar-refractivity contribution in [3.8, 4) is 5.88 Å². The molecule has 0 amide bonds. The summed E-state index contributed by atoms with van der Waals surface area (Å²) in [6.45, 7) is 0.395. The normalized spacial score (nSPS) is 11.0. The van der Waals surface area contributed by atoms with Crippen molar-refractivity contribution in [2.24, 2.45) is 0 Å². The van der Waals surface area contributed by atoms with E-state index in [2.05, 4.69) is 9.97 Å². The standard InChI is InChI=1S/C17H15N3O/c18-16-17(20-15-11-5-4-10-14(15)19-16)21-12-6-9-13-7-2-1-3-8-13/h1-11H,12H2,(H2,18,19)/b9-6+. The molecule has 0 unspecified atom stereocenters. The van der Waals surface area contributed by atoms with E-state index in [0.717, 1.165) is 16.6 Å². The molecule has 1 heterocycles. The Bertz CT molecular complexity index is 769. The lowest BCUT2D eigenvalue weighted by atomic mass is 10.2. The zero-order valence-corrected chi connectivity index (χ0v) is 11.4. The highest BCUT2D eigenvalue weighted by Gasteiger charge is 2.05. The van der Waals surface area contributed by atoms with Gasteiger partial charge in [0, 0.05) is 0 Å². The molecule has 4 heteroatoms. The summed E-state index contributed by atoms with van der Waals surface area (Å²) < 4.78 is 5.58. The van der Waals surface area contributed by atoms with Crippen molar-refractivity contribution in [1.82, 2.24) is 9.97 Å². The Kier molecular flexibility index (Phi) is 3.78. The van der Waals surface area contributed by atoms with E-state index in [1.807, 2.05) is 66.7 Å². The van der Waals surface area contributed by atoms with Crippen LogP contribution >= 0.6 is 0 Å². The van der Waals surface area contributed by atoms with Gasteiger partial charge in [0.15, 0.2) is 5.82 Å². The number of para-hydroxylation sites is 2. The predicted octanol–water partition coefficient (Wildman–Crippen LogP) is 3.30. The van der Waals surface area contributed by atoms with E-state index in [1.165, 1.54) is 0 Å². The minimum Gasteiger partial charge on any atom is -0.471 e. The van der Waals surface area contributed by atoms with E-state index in [0.29, 0.717) is 18.3 Å². The minimum absolute atomic E-state index is 0.307. The zero-order chi connectivity index (χ0) is 14.5. The fourth-order valence-corrected chi connectivity index (χ4v) is 1.98. The zero-order valence-electron chi connectivity index (χ0n) is 11.4. The summed E-state index contributed by atoms with van der Waals surface area (Å²) in [5, 5.41) is 0. The number of ether oxygens (including phenoxy) is 1. The fraction of sp³-hybridized carbons (Fsp3) is 0.0588. The van der Waals surface area contributed by atoms with Gasteiger partial charge in [0.05, 0.1) is 11.0 Å². The van der Waals surface area contributed by atoms with Crippen molar-refractivity contribution in [3.05, 3.63) is 66.2 Å². The third-order valence-electron chi connectivity index (χ3n) is 2.99. The van der Waals surface area contributed by atoms with Crippen LogP contribution in [0.1, 0.15) is 5.56 Å². The number of rotatable bonds is 4. The van der Waals surface area contributed by atoms with Gasteiger partial charge in [-0.1, -0.05) is 48.5 Å². The van der Waals surface area contributed by atoms with E-state index in [4.69, 9.17) is 10.5 Å². The Labute approximate surface area is 122 Å². The number of hydrogen-bond donors (Lipinski definition) is 1. The number of fused-ring (bicyclic) bond motifs is 1. The average Bonchev–Trinajstić information content (AvgIpc) is 2.53. The topological polar surface area (TPSA) is 61.0 Å². The van der Waals surface area contributed by atoms with E-state index in [9.17, 15) is 0 Å². The quantitative estimate of drug-likeness (QED) is 0.794. The molecule has 0 atom stereocenters. The third kappa shape index (κ3) is 3.17. The van der Waals surface area contributed by atoms with Crippen LogP contribution in [-0.4, -0.2) is 16.6 Å². The van der Waals surface area contributed by atoms with Gasteiger partial charge in [-0.3, -0.25) is 0 Å². The van der Waals surface area contributed by atoms with Gasteiger partial charge in [0.1, 0.15) is 6.61 Å². The molecule has 0 fully saturated rings. The van der Waals surface area contributed by atoms with Gasteiger partial charge >= 0.3 is 0 Å². The Balaban J connectivity index is 1.70. The Morgan fingerprint density at radius 3 is 2.33 bits per heavy atom. The summed E-state index contributed by atoms with van der Waals surface area (Å²) in [6.07, 6.45) is 3.91. The molecule has 0 aliphatic rings. The molecule has 0 radical (unpaired) electrons. The number of anilines is 1. The Morgan fingerprint density at radius 2 is 1.57 bits per heavy atom. The molecule has 21 heavy (non-hydrogen) atoms. The van der Waals surface area contributed by atoms with Crippen molar-refractivity contribution in [2.45, 2.75) is 0 Å². The van der Waals surface area contributed by atoms with Crippen LogP contribution in [0.5, 0.6) is 5.88 Å². The monoisotopic (exact) mass is 277 g/mol. The second kappa shape index (κ2) is 6.05. The van der Waals surface area contributed by atoms with Gasteiger partial charge in [-0.05, 0) is 23.8 Å². The summed E-state index contributed by atoms with van der Waals surface area (Å²) in [5.41, 5.74) is 8.52. The van der Waals surface area contributed by atoms with Crippen LogP contribution in [0.25, 0.3) is 17.1 Å². The van der Waals surface area contributed by atoms with E-state index >= 15 is 0 Å². The van der Waals surface area contributed by atoms with Gasteiger partial charge in [-0.15, -0.1) is 0 Å². The molecule has 3 aromatic rings. The first-order valence-electron chi connectivity index (χ1n) is 6.69. The third-order valence-corrected chi connectivity index (χ3v) is 2.99. The highest BCUT2D eigenvalue weighted by Crippen LogP contribution is 2.20. The van der Waals surface area contributed by atoms with Crippen molar-refractivity contribution in [3.63, 3.8) is 0 Å². The number of aromatic nitrogens is 2. The molecule has 0 saturated carbocycles. The van der Waals surface area contributed by atoms with Gasteiger partial charge < -0.3 is 10.5 Å². The van der Waals surface area contributed by atoms with Crippen molar-refractivity contribution >= 4 is 22.9 Å². The summed E-state index contributed by atoms with van der Waals surface area (Å²) in [4.78, 5) is 8.65. The SMILES string of the molecule is Nc1nc2ccccc2nc1OC/C=C/c1ccccc1. The van der Waals surface area contributed by atoms with Crippen molar-refractivity contribution in [1.29, 1.82) is 0 Å². The molecule has 2 N–H and O–H groups in total. The number of nitrogens with zero attached hydrogens (tertiary/aromatic N) is 2. The number of nitrogen functional groups attached to an aromatic ring is 1. The van der Waals surface area contributed by atoms with E-state index < -0.39 is 0 Å². The average molecular weight is 277 g/mol. The minimum atomic E-state index is 0.307. The molecule has 0 bridgehead atoms. The lowest BCUT2D eigenvalue weighted by Crippen LogP contribution is -2.02. The van der Waals surface area contributed by atoms with E-state index in [1.54, 1.807) is 0 Å².